The molecule has 1 fully saturated rings. The molecule has 4 unspecified atom stereocenters. The molecule has 9 nitrogen and oxygen atoms in total. The van der Waals surface area contributed by atoms with Crippen molar-refractivity contribution in [3.8, 4) is 0 Å². The summed E-state index contributed by atoms with van der Waals surface area (Å²) in [7, 11) is 0. The molecule has 32 heavy (non-hydrogen) atoms. The number of furan rings is 1. The number of imide groups is 3. The summed E-state index contributed by atoms with van der Waals surface area (Å²) in [6.07, 6.45) is 3.41. The number of aliphatic hydroxyl groups excluding tert-OH is 1. The van der Waals surface area contributed by atoms with Crippen molar-refractivity contribution < 1.29 is 33.5 Å². The van der Waals surface area contributed by atoms with E-state index < -0.39 is 41.5 Å². The molecule has 4 amide bonds. The van der Waals surface area contributed by atoms with Crippen LogP contribution in [0, 0.1) is 17.8 Å². The number of likely N-dealkylation sites (tertiary alicyclic amines) is 1. The van der Waals surface area contributed by atoms with Gasteiger partial charge in [0.05, 0.1) is 17.8 Å². The number of allylic oxidation sites excluding steroid dienone is 6. The smallest absolute Gasteiger partial charge is 0.328 e. The maximum Gasteiger partial charge on any atom is 0.328 e. The van der Waals surface area contributed by atoms with E-state index in [1.165, 1.54) is 6.08 Å². The number of nitrogens with two attached hydrogens (primary N) is 1. The van der Waals surface area contributed by atoms with Crippen molar-refractivity contribution in [3.63, 3.8) is 0 Å². The number of fused-ring (bicyclic) bond motifs is 3. The second kappa shape index (κ2) is 6.96. The van der Waals surface area contributed by atoms with Gasteiger partial charge in [-0.25, -0.2) is 4.79 Å². The third kappa shape index (κ3) is 2.64. The second-order valence-electron chi connectivity index (χ2n) is 8.54. The summed E-state index contributed by atoms with van der Waals surface area (Å²) in [5, 5.41) is 9.43. The molecule has 1 saturated heterocycles. The van der Waals surface area contributed by atoms with Crippen molar-refractivity contribution >= 4 is 29.4 Å². The van der Waals surface area contributed by atoms with Gasteiger partial charge in [-0.05, 0) is 43.9 Å². The predicted octanol–water partition coefficient (Wildman–Crippen LogP) is 1.28. The summed E-state index contributed by atoms with van der Waals surface area (Å²) in [5.41, 5.74) is 6.87. The summed E-state index contributed by atoms with van der Waals surface area (Å²) in [6, 6.07) is 2.10. The minimum absolute atomic E-state index is 0.105. The molecule has 0 radical (unpaired) electrons. The Morgan fingerprint density at radius 1 is 1.19 bits per heavy atom. The van der Waals surface area contributed by atoms with Crippen LogP contribution in [-0.4, -0.2) is 39.4 Å². The average Bonchev–Trinajstić information content (AvgIpc) is 3.33. The number of amides is 4. The van der Waals surface area contributed by atoms with Crippen LogP contribution >= 0.6 is 0 Å². The lowest BCUT2D eigenvalue weighted by molar-refractivity contribution is -0.136. The molecule has 0 spiro atoms. The highest BCUT2D eigenvalue weighted by atomic mass is 16.4. The maximum absolute atomic E-state index is 13.1. The molecule has 9 heteroatoms. The highest BCUT2D eigenvalue weighted by Crippen LogP contribution is 2.55. The summed E-state index contributed by atoms with van der Waals surface area (Å²) < 4.78 is 5.75. The fourth-order valence-corrected chi connectivity index (χ4v) is 5.56. The number of hydrogen-bond donors (Lipinski definition) is 2. The SMILES string of the molecule is CC1=CC(=O)C2=C(CC3C(=CCC4C(=O)N(C(N)=O)C(=O)C43)C2c2ccc(CO)o2)C1=O. The lowest BCUT2D eigenvalue weighted by Gasteiger charge is -2.41. The average molecular weight is 436 g/mol. The van der Waals surface area contributed by atoms with E-state index in [9.17, 15) is 29.1 Å². The third-order valence-corrected chi connectivity index (χ3v) is 6.91. The van der Waals surface area contributed by atoms with Gasteiger partial charge in [-0.2, -0.15) is 4.90 Å². The van der Waals surface area contributed by atoms with Gasteiger partial charge >= 0.3 is 6.03 Å². The molecule has 1 aromatic rings. The Morgan fingerprint density at radius 2 is 1.94 bits per heavy atom. The number of carbonyl (C=O) groups is 5. The van der Waals surface area contributed by atoms with E-state index in [1.807, 2.05) is 0 Å². The molecule has 0 saturated carbocycles. The number of urea groups is 1. The Bertz CT molecular complexity index is 1210. The van der Waals surface area contributed by atoms with E-state index in [2.05, 4.69) is 0 Å². The van der Waals surface area contributed by atoms with E-state index in [0.717, 1.165) is 0 Å². The molecule has 3 aliphatic carbocycles. The maximum atomic E-state index is 13.1. The lowest BCUT2D eigenvalue weighted by Crippen LogP contribution is -2.42. The zero-order chi connectivity index (χ0) is 22.9. The number of Topliss-reactive ketones (excluding diaryl/α,β-unsaturated/α-hetero) is 1. The van der Waals surface area contributed by atoms with Gasteiger partial charge in [0.25, 0.3) is 0 Å². The number of rotatable bonds is 2. The van der Waals surface area contributed by atoms with Gasteiger partial charge in [0.2, 0.25) is 11.8 Å². The van der Waals surface area contributed by atoms with Crippen LogP contribution in [-0.2, 0) is 25.8 Å². The summed E-state index contributed by atoms with van der Waals surface area (Å²) >= 11 is 0. The first-order valence-electron chi connectivity index (χ1n) is 10.3. The lowest BCUT2D eigenvalue weighted by atomic mass is 9.60. The third-order valence-electron chi connectivity index (χ3n) is 6.91. The van der Waals surface area contributed by atoms with Gasteiger partial charge in [-0.3, -0.25) is 19.2 Å². The van der Waals surface area contributed by atoms with E-state index in [4.69, 9.17) is 10.2 Å². The summed E-state index contributed by atoms with van der Waals surface area (Å²) in [5.74, 6) is -4.14. The minimum atomic E-state index is -1.12. The van der Waals surface area contributed by atoms with Crippen LogP contribution in [0.4, 0.5) is 4.79 Å². The van der Waals surface area contributed by atoms with Gasteiger partial charge in [-0.15, -0.1) is 0 Å². The van der Waals surface area contributed by atoms with Crippen molar-refractivity contribution in [1.82, 2.24) is 4.90 Å². The number of aliphatic hydroxyl groups is 1. The second-order valence-corrected chi connectivity index (χ2v) is 8.54. The molecule has 4 aliphatic rings. The zero-order valence-corrected chi connectivity index (χ0v) is 17.2. The normalized spacial score (nSPS) is 29.5. The van der Waals surface area contributed by atoms with E-state index in [0.29, 0.717) is 38.7 Å². The predicted molar refractivity (Wildman–Crippen MR) is 107 cm³/mol. The Kier molecular flexibility index (Phi) is 4.42. The Morgan fingerprint density at radius 3 is 2.59 bits per heavy atom. The topological polar surface area (TPSA) is 148 Å². The van der Waals surface area contributed by atoms with Crippen molar-refractivity contribution in [2.45, 2.75) is 32.3 Å². The molecule has 2 heterocycles. The van der Waals surface area contributed by atoms with Gasteiger partial charge in [0, 0.05) is 16.7 Å². The molecule has 4 atom stereocenters. The van der Waals surface area contributed by atoms with Gasteiger partial charge in [0.15, 0.2) is 11.6 Å². The van der Waals surface area contributed by atoms with E-state index >= 15 is 0 Å². The first-order valence-corrected chi connectivity index (χ1v) is 10.3. The summed E-state index contributed by atoms with van der Waals surface area (Å²) in [4.78, 5) is 64.0. The summed E-state index contributed by atoms with van der Waals surface area (Å²) in [6.45, 7) is 1.22. The van der Waals surface area contributed by atoms with Crippen LogP contribution in [0.25, 0.3) is 0 Å². The number of primary amides is 1. The largest absolute Gasteiger partial charge is 0.463 e. The first-order chi connectivity index (χ1) is 15.2. The van der Waals surface area contributed by atoms with Crippen molar-refractivity contribution in [2.24, 2.45) is 23.5 Å². The molecule has 0 aromatic carbocycles. The molecule has 0 bridgehead atoms. The van der Waals surface area contributed by atoms with E-state index in [1.54, 1.807) is 25.1 Å². The van der Waals surface area contributed by atoms with Crippen LogP contribution in [0.1, 0.15) is 37.2 Å². The first kappa shape index (κ1) is 20.3. The molecule has 3 N–H and O–H groups in total. The van der Waals surface area contributed by atoms with Crippen molar-refractivity contribution in [2.75, 3.05) is 0 Å². The van der Waals surface area contributed by atoms with Crippen molar-refractivity contribution in [1.29, 1.82) is 0 Å². The van der Waals surface area contributed by atoms with Crippen molar-refractivity contribution in [3.05, 3.63) is 58.1 Å². The molecular weight excluding hydrogens is 416 g/mol. The fraction of sp³-hybridized carbons (Fsp3) is 0.348. The van der Waals surface area contributed by atoms with Crippen LogP contribution in [0.3, 0.4) is 0 Å². The van der Waals surface area contributed by atoms with Crippen LogP contribution in [0.2, 0.25) is 0 Å². The standard InChI is InChI=1S/C23H20N2O7/c1-9-6-15(27)18-14(20(9)28)7-13-11(19(18)16-5-2-10(8-26)32-16)3-4-12-17(13)22(30)25(21(12)29)23(24)31/h2-3,5-6,12-13,17,19,26H,4,7-8H2,1H3,(H2,24,31). The zero-order valence-electron chi connectivity index (χ0n) is 17.2. The highest BCUT2D eigenvalue weighted by molar-refractivity contribution is 6.24. The molecule has 1 aliphatic heterocycles. The fourth-order valence-electron chi connectivity index (χ4n) is 5.56. The molecule has 5 rings (SSSR count). The monoisotopic (exact) mass is 436 g/mol. The quantitative estimate of drug-likeness (QED) is 0.403. The number of hydrogen-bond acceptors (Lipinski definition) is 7. The van der Waals surface area contributed by atoms with Crippen LogP contribution in [0.5, 0.6) is 0 Å². The van der Waals surface area contributed by atoms with Crippen LogP contribution in [0.15, 0.2) is 51.0 Å². The van der Waals surface area contributed by atoms with Gasteiger partial charge in [-0.1, -0.05) is 11.6 Å². The molecule has 1 aromatic heterocycles. The molecule has 164 valence electrons. The van der Waals surface area contributed by atoms with Gasteiger partial charge in [0.1, 0.15) is 18.1 Å². The Balaban J connectivity index is 1.68. The minimum Gasteiger partial charge on any atom is -0.463 e. The number of ketones is 2. The highest BCUT2D eigenvalue weighted by Gasteiger charge is 2.57. The molecular formula is C23H20N2O7. The van der Waals surface area contributed by atoms with Crippen LogP contribution < -0.4 is 5.73 Å². The van der Waals surface area contributed by atoms with Gasteiger partial charge < -0.3 is 15.3 Å². The Hall–Kier alpha value is -3.59. The number of nitrogens with zero attached hydrogens (tertiary/aromatic N) is 1. The van der Waals surface area contributed by atoms with E-state index in [-0.39, 0.29) is 31.0 Å². The number of carbonyl (C=O) groups excluding carboxylic acids is 5. The Labute approximate surface area is 182 Å².